The number of methoxy groups -OCH3 is 1. The summed E-state index contributed by atoms with van der Waals surface area (Å²) in [7, 11) is -3.38. The van der Waals surface area contributed by atoms with E-state index in [1.807, 2.05) is 30.3 Å². The lowest BCUT2D eigenvalue weighted by atomic mass is 10.1. The summed E-state index contributed by atoms with van der Waals surface area (Å²) in [5.74, 6) is -0.736. The number of hydrogen-bond acceptors (Lipinski definition) is 9. The van der Waals surface area contributed by atoms with E-state index < -0.39 is 49.2 Å². The van der Waals surface area contributed by atoms with Crippen molar-refractivity contribution in [3.05, 3.63) is 64.2 Å². The summed E-state index contributed by atoms with van der Waals surface area (Å²) in [5.41, 5.74) is -0.517. The number of ether oxygens (including phenoxy) is 3. The van der Waals surface area contributed by atoms with Gasteiger partial charge in [-0.15, -0.1) is 0 Å². The van der Waals surface area contributed by atoms with Crippen molar-refractivity contribution < 1.29 is 37.1 Å². The summed E-state index contributed by atoms with van der Waals surface area (Å²) in [6, 6.07) is 11.2. The van der Waals surface area contributed by atoms with Crippen LogP contribution in [0.25, 0.3) is 0 Å². The molecule has 2 aromatic rings. The summed E-state index contributed by atoms with van der Waals surface area (Å²) < 4.78 is 43.7. The van der Waals surface area contributed by atoms with Gasteiger partial charge in [0.1, 0.15) is 24.0 Å². The van der Waals surface area contributed by atoms with Crippen molar-refractivity contribution in [1.82, 2.24) is 10.0 Å². The average molecular weight is 552 g/mol. The Morgan fingerprint density at radius 1 is 1.08 bits per heavy atom. The maximum absolute atomic E-state index is 13.1. The molecule has 2 aromatic carbocycles. The average Bonchev–Trinajstić information content (AvgIpc) is 2.85. The van der Waals surface area contributed by atoms with E-state index in [2.05, 4.69) is 10.0 Å². The molecule has 0 fully saturated rings. The number of alkyl carbamates (subject to hydrolysis) is 1. The Hall–Kier alpha value is -3.71. The number of unbranched alkanes of at least 4 members (excludes halogenated alkanes) is 1. The molecule has 2 N–H and O–H groups in total. The normalized spacial score (nSPS) is 12.3. The van der Waals surface area contributed by atoms with E-state index in [4.69, 9.17) is 14.2 Å². The van der Waals surface area contributed by atoms with Crippen molar-refractivity contribution in [3.63, 3.8) is 0 Å². The van der Waals surface area contributed by atoms with E-state index in [0.29, 0.717) is 12.8 Å². The molecule has 0 spiro atoms. The van der Waals surface area contributed by atoms with Crippen LogP contribution in [0.15, 0.2) is 53.4 Å². The molecular weight excluding hydrogens is 518 g/mol. The van der Waals surface area contributed by atoms with Crippen LogP contribution in [0.1, 0.15) is 45.6 Å². The van der Waals surface area contributed by atoms with E-state index in [1.54, 1.807) is 20.8 Å². The lowest BCUT2D eigenvalue weighted by Gasteiger charge is -2.20. The topological polar surface area (TPSA) is 163 Å². The van der Waals surface area contributed by atoms with Crippen molar-refractivity contribution in [3.8, 4) is 5.75 Å². The number of nitrogens with zero attached hydrogens (tertiary/aromatic N) is 1. The first-order valence-corrected chi connectivity index (χ1v) is 13.3. The predicted molar refractivity (Wildman–Crippen MR) is 138 cm³/mol. The van der Waals surface area contributed by atoms with Gasteiger partial charge in [-0.3, -0.25) is 14.9 Å². The largest absolute Gasteiger partial charge is 0.489 e. The zero-order chi connectivity index (χ0) is 28.3. The molecular formula is C25H33N3O9S. The van der Waals surface area contributed by atoms with Gasteiger partial charge in [0.25, 0.3) is 5.69 Å². The summed E-state index contributed by atoms with van der Waals surface area (Å²) in [6.45, 7) is 5.57. The van der Waals surface area contributed by atoms with Gasteiger partial charge in [-0.1, -0.05) is 30.3 Å². The smallest absolute Gasteiger partial charge is 0.407 e. The molecule has 0 aliphatic carbocycles. The van der Waals surface area contributed by atoms with Gasteiger partial charge in [0, 0.05) is 6.54 Å². The molecule has 0 aliphatic rings. The first kappa shape index (κ1) is 30.5. The molecule has 0 heterocycles. The van der Waals surface area contributed by atoms with Crippen LogP contribution in [0.5, 0.6) is 5.75 Å². The molecule has 13 heteroatoms. The van der Waals surface area contributed by atoms with Gasteiger partial charge in [-0.2, -0.15) is 4.72 Å². The zero-order valence-corrected chi connectivity index (χ0v) is 22.6. The Labute approximate surface area is 221 Å². The van der Waals surface area contributed by atoms with Crippen LogP contribution in [0, 0.1) is 10.1 Å². The molecule has 1 atom stereocenters. The SMILES string of the molecule is COC(=O)[C@@H](CCCCNC(=O)OC(C)(C)C)NS(=O)(=O)c1ccc(OCc2ccccc2)cc1[N+](=O)[O-]. The Kier molecular flexibility index (Phi) is 11.0. The monoisotopic (exact) mass is 551 g/mol. The predicted octanol–water partition coefficient (Wildman–Crippen LogP) is 3.69. The number of rotatable bonds is 13. The number of hydrogen-bond donors (Lipinski definition) is 2. The van der Waals surface area contributed by atoms with Crippen molar-refractivity contribution in [2.75, 3.05) is 13.7 Å². The van der Waals surface area contributed by atoms with Crippen LogP contribution in [0.3, 0.4) is 0 Å². The Morgan fingerprint density at radius 2 is 1.76 bits per heavy atom. The number of carbonyl (C=O) groups excluding carboxylic acids is 2. The van der Waals surface area contributed by atoms with E-state index in [9.17, 15) is 28.1 Å². The van der Waals surface area contributed by atoms with Crippen molar-refractivity contribution in [2.24, 2.45) is 0 Å². The van der Waals surface area contributed by atoms with Crippen LogP contribution in [0.2, 0.25) is 0 Å². The molecule has 12 nitrogen and oxygen atoms in total. The van der Waals surface area contributed by atoms with Crippen LogP contribution >= 0.6 is 0 Å². The van der Waals surface area contributed by atoms with Gasteiger partial charge in [-0.25, -0.2) is 13.2 Å². The Morgan fingerprint density at radius 3 is 2.37 bits per heavy atom. The van der Waals surface area contributed by atoms with Gasteiger partial charge in [-0.05, 0) is 57.7 Å². The maximum Gasteiger partial charge on any atom is 0.407 e. The second-order valence-electron chi connectivity index (χ2n) is 9.28. The molecule has 1 amide bonds. The number of nitro benzene ring substituents is 1. The second kappa shape index (κ2) is 13.7. The minimum atomic E-state index is -4.49. The van der Waals surface area contributed by atoms with Crippen molar-refractivity contribution in [1.29, 1.82) is 0 Å². The standard InChI is InChI=1S/C25H33N3O9S/c1-25(2,3)37-24(30)26-15-9-8-12-20(23(29)35-4)27-38(33,34)22-14-13-19(16-21(22)28(31)32)36-17-18-10-6-5-7-11-18/h5-7,10-11,13-14,16,20,27H,8-9,12,15,17H2,1-4H3,(H,26,30)/t20-/m1/s1. The molecule has 0 bridgehead atoms. The molecule has 2 rings (SSSR count). The molecule has 208 valence electrons. The highest BCUT2D eigenvalue weighted by atomic mass is 32.2. The Balaban J connectivity index is 2.07. The molecule has 0 radical (unpaired) electrons. The minimum absolute atomic E-state index is 0.0357. The number of sulfonamides is 1. The van der Waals surface area contributed by atoms with Crippen LogP contribution in [-0.2, 0) is 30.9 Å². The highest BCUT2D eigenvalue weighted by Gasteiger charge is 2.31. The number of nitrogens with one attached hydrogen (secondary N) is 2. The third-order valence-electron chi connectivity index (χ3n) is 5.04. The van der Waals surface area contributed by atoms with Gasteiger partial charge in [0.05, 0.1) is 18.1 Å². The van der Waals surface area contributed by atoms with Crippen molar-refractivity contribution in [2.45, 2.75) is 63.2 Å². The molecule has 0 aliphatic heterocycles. The van der Waals surface area contributed by atoms with Gasteiger partial charge < -0.3 is 19.5 Å². The third-order valence-corrected chi connectivity index (χ3v) is 6.55. The second-order valence-corrected chi connectivity index (χ2v) is 11.0. The van der Waals surface area contributed by atoms with E-state index in [0.717, 1.165) is 24.8 Å². The van der Waals surface area contributed by atoms with Crippen LogP contribution in [0.4, 0.5) is 10.5 Å². The summed E-state index contributed by atoms with van der Waals surface area (Å²) in [6.07, 6.45) is 0.203. The Bertz CT molecular complexity index is 1210. The fraction of sp³-hybridized carbons (Fsp3) is 0.440. The lowest BCUT2D eigenvalue weighted by Crippen LogP contribution is -2.41. The maximum atomic E-state index is 13.1. The highest BCUT2D eigenvalue weighted by Crippen LogP contribution is 2.29. The van der Waals surface area contributed by atoms with Crippen LogP contribution in [-0.4, -0.2) is 50.7 Å². The fourth-order valence-corrected chi connectivity index (χ4v) is 4.67. The lowest BCUT2D eigenvalue weighted by molar-refractivity contribution is -0.387. The van der Waals surface area contributed by atoms with Gasteiger partial charge in [0.2, 0.25) is 10.0 Å². The molecule has 38 heavy (non-hydrogen) atoms. The highest BCUT2D eigenvalue weighted by molar-refractivity contribution is 7.89. The van der Waals surface area contributed by atoms with Gasteiger partial charge >= 0.3 is 12.1 Å². The number of carbonyl (C=O) groups is 2. The van der Waals surface area contributed by atoms with Crippen LogP contribution < -0.4 is 14.8 Å². The quantitative estimate of drug-likeness (QED) is 0.164. The van der Waals surface area contributed by atoms with E-state index in [-0.39, 0.29) is 25.3 Å². The van der Waals surface area contributed by atoms with Gasteiger partial charge in [0.15, 0.2) is 4.90 Å². The van der Waals surface area contributed by atoms with E-state index >= 15 is 0 Å². The first-order valence-electron chi connectivity index (χ1n) is 11.8. The summed E-state index contributed by atoms with van der Waals surface area (Å²) in [5, 5.41) is 14.3. The number of esters is 1. The molecule has 0 aromatic heterocycles. The molecule has 0 saturated carbocycles. The third kappa shape index (κ3) is 9.98. The summed E-state index contributed by atoms with van der Waals surface area (Å²) in [4.78, 5) is 34.2. The molecule has 0 saturated heterocycles. The number of nitro groups is 1. The fourth-order valence-electron chi connectivity index (χ4n) is 3.29. The van der Waals surface area contributed by atoms with E-state index in [1.165, 1.54) is 6.07 Å². The summed E-state index contributed by atoms with van der Waals surface area (Å²) >= 11 is 0. The number of amides is 1. The minimum Gasteiger partial charge on any atom is -0.489 e. The van der Waals surface area contributed by atoms with Crippen molar-refractivity contribution >= 4 is 27.8 Å². The number of benzene rings is 2. The first-order chi connectivity index (χ1) is 17.8. The molecule has 0 unspecified atom stereocenters. The zero-order valence-electron chi connectivity index (χ0n) is 21.8.